The van der Waals surface area contributed by atoms with E-state index in [0.29, 0.717) is 12.5 Å². The molecule has 0 aromatic rings. The Labute approximate surface area is 98.7 Å². The number of nitrogens with two attached hydrogens (primary N) is 1. The average molecular weight is 227 g/mol. The van der Waals surface area contributed by atoms with Crippen LogP contribution in [-0.2, 0) is 9.47 Å². The molecule has 0 aromatic carbocycles. The van der Waals surface area contributed by atoms with Crippen LogP contribution in [0.4, 0.5) is 0 Å². The summed E-state index contributed by atoms with van der Waals surface area (Å²) in [6.07, 6.45) is 5.86. The van der Waals surface area contributed by atoms with E-state index in [-0.39, 0.29) is 5.60 Å². The van der Waals surface area contributed by atoms with E-state index in [4.69, 9.17) is 15.2 Å². The van der Waals surface area contributed by atoms with Crippen molar-refractivity contribution in [2.24, 2.45) is 17.6 Å². The Morgan fingerprint density at radius 3 is 2.62 bits per heavy atom. The molecule has 0 aromatic heterocycles. The van der Waals surface area contributed by atoms with Gasteiger partial charge >= 0.3 is 0 Å². The molecule has 2 atom stereocenters. The van der Waals surface area contributed by atoms with Crippen molar-refractivity contribution in [1.29, 1.82) is 0 Å². The summed E-state index contributed by atoms with van der Waals surface area (Å²) >= 11 is 0. The third kappa shape index (κ3) is 2.96. The van der Waals surface area contributed by atoms with Crippen LogP contribution >= 0.6 is 0 Å². The average Bonchev–Trinajstić information content (AvgIpc) is 2.71. The smallest absolute Gasteiger partial charge is 0.0806 e. The van der Waals surface area contributed by atoms with Gasteiger partial charge in [0.25, 0.3) is 0 Å². The van der Waals surface area contributed by atoms with Gasteiger partial charge in [-0.05, 0) is 43.9 Å². The highest BCUT2D eigenvalue weighted by atomic mass is 16.5. The fourth-order valence-electron chi connectivity index (χ4n) is 2.93. The quantitative estimate of drug-likeness (QED) is 0.798. The summed E-state index contributed by atoms with van der Waals surface area (Å²) in [5.74, 6) is 1.46. The Balaban J connectivity index is 1.78. The van der Waals surface area contributed by atoms with E-state index in [1.807, 2.05) is 0 Å². The van der Waals surface area contributed by atoms with Crippen LogP contribution in [0.1, 0.15) is 39.0 Å². The zero-order valence-corrected chi connectivity index (χ0v) is 10.4. The van der Waals surface area contributed by atoms with Crippen LogP contribution in [0.2, 0.25) is 0 Å². The lowest BCUT2D eigenvalue weighted by Gasteiger charge is -2.31. The number of hydrogen-bond acceptors (Lipinski definition) is 3. The molecule has 2 aliphatic rings. The van der Waals surface area contributed by atoms with E-state index in [1.165, 1.54) is 6.42 Å². The van der Waals surface area contributed by atoms with Crippen LogP contribution in [0.15, 0.2) is 0 Å². The van der Waals surface area contributed by atoms with E-state index in [1.54, 1.807) is 0 Å². The van der Waals surface area contributed by atoms with Gasteiger partial charge in [0.1, 0.15) is 0 Å². The molecule has 2 unspecified atom stereocenters. The first kappa shape index (κ1) is 12.3. The van der Waals surface area contributed by atoms with Gasteiger partial charge in [0.15, 0.2) is 0 Å². The zero-order valence-electron chi connectivity index (χ0n) is 10.4. The number of rotatable bonds is 4. The van der Waals surface area contributed by atoms with Crippen LogP contribution in [0, 0.1) is 11.8 Å². The van der Waals surface area contributed by atoms with Crippen molar-refractivity contribution in [2.75, 3.05) is 26.4 Å². The van der Waals surface area contributed by atoms with Crippen LogP contribution in [-0.4, -0.2) is 32.0 Å². The third-order valence-corrected chi connectivity index (χ3v) is 4.15. The molecule has 1 aliphatic carbocycles. The Morgan fingerprint density at radius 1 is 1.31 bits per heavy atom. The van der Waals surface area contributed by atoms with E-state index in [9.17, 15) is 0 Å². The first-order chi connectivity index (χ1) is 7.74. The Hall–Kier alpha value is -0.120. The largest absolute Gasteiger partial charge is 0.381 e. The minimum Gasteiger partial charge on any atom is -0.381 e. The summed E-state index contributed by atoms with van der Waals surface area (Å²) in [6.45, 7) is 5.67. The summed E-state index contributed by atoms with van der Waals surface area (Å²) < 4.78 is 11.5. The first-order valence-corrected chi connectivity index (χ1v) is 6.66. The van der Waals surface area contributed by atoms with Crippen molar-refractivity contribution in [1.82, 2.24) is 0 Å². The highest BCUT2D eigenvalue weighted by Gasteiger charge is 2.37. The van der Waals surface area contributed by atoms with Crippen LogP contribution in [0.3, 0.4) is 0 Å². The Morgan fingerprint density at radius 2 is 2.06 bits per heavy atom. The zero-order chi connectivity index (χ0) is 11.4. The fraction of sp³-hybridized carbons (Fsp3) is 1.00. The van der Waals surface area contributed by atoms with E-state index >= 15 is 0 Å². The molecule has 1 heterocycles. The molecule has 2 N–H and O–H groups in total. The Kier molecular flexibility index (Phi) is 4.22. The second kappa shape index (κ2) is 5.48. The van der Waals surface area contributed by atoms with Gasteiger partial charge in [0.2, 0.25) is 0 Å². The molecule has 94 valence electrons. The fourth-order valence-corrected chi connectivity index (χ4v) is 2.93. The molecule has 0 amide bonds. The first-order valence-electron chi connectivity index (χ1n) is 6.66. The molecule has 16 heavy (non-hydrogen) atoms. The van der Waals surface area contributed by atoms with Gasteiger partial charge in [0, 0.05) is 19.8 Å². The maximum Gasteiger partial charge on any atom is 0.0806 e. The molecule has 3 nitrogen and oxygen atoms in total. The predicted octanol–water partition coefficient (Wildman–Crippen LogP) is 1.95. The van der Waals surface area contributed by atoms with Crippen LogP contribution in [0.25, 0.3) is 0 Å². The summed E-state index contributed by atoms with van der Waals surface area (Å²) in [5, 5.41) is 0. The summed E-state index contributed by atoms with van der Waals surface area (Å²) in [4.78, 5) is 0. The van der Waals surface area contributed by atoms with E-state index in [2.05, 4.69) is 6.92 Å². The molecule has 0 radical (unpaired) electrons. The van der Waals surface area contributed by atoms with E-state index < -0.39 is 0 Å². The van der Waals surface area contributed by atoms with Crippen molar-refractivity contribution in [3.05, 3.63) is 0 Å². The van der Waals surface area contributed by atoms with Crippen molar-refractivity contribution >= 4 is 0 Å². The van der Waals surface area contributed by atoms with Gasteiger partial charge < -0.3 is 15.2 Å². The van der Waals surface area contributed by atoms with Crippen LogP contribution < -0.4 is 5.73 Å². The molecule has 1 aliphatic heterocycles. The standard InChI is InChI=1S/C13H25NO2/c1-11-2-5-13(8-11,10-14)16-9-12-3-6-15-7-4-12/h11-12H,2-10,14H2,1H3. The molecule has 1 saturated heterocycles. The molecule has 2 rings (SSSR count). The number of hydrogen-bond donors (Lipinski definition) is 1. The maximum absolute atomic E-state index is 6.17. The molecule has 1 saturated carbocycles. The molecular formula is C13H25NO2. The lowest BCUT2D eigenvalue weighted by molar-refractivity contribution is -0.0683. The molecule has 0 spiro atoms. The topological polar surface area (TPSA) is 44.5 Å². The lowest BCUT2D eigenvalue weighted by Crippen LogP contribution is -2.40. The molecular weight excluding hydrogens is 202 g/mol. The Bertz CT molecular complexity index is 216. The second-order valence-corrected chi connectivity index (χ2v) is 5.60. The van der Waals surface area contributed by atoms with Gasteiger partial charge in [0.05, 0.1) is 12.2 Å². The molecule has 3 heteroatoms. The monoisotopic (exact) mass is 227 g/mol. The van der Waals surface area contributed by atoms with Gasteiger partial charge in [-0.3, -0.25) is 0 Å². The van der Waals surface area contributed by atoms with Crippen molar-refractivity contribution < 1.29 is 9.47 Å². The minimum atomic E-state index is -0.00226. The summed E-state index contributed by atoms with van der Waals surface area (Å²) in [5.41, 5.74) is 5.89. The van der Waals surface area contributed by atoms with Crippen molar-refractivity contribution in [2.45, 2.75) is 44.6 Å². The van der Waals surface area contributed by atoms with Gasteiger partial charge in [-0.1, -0.05) is 6.92 Å². The summed E-state index contributed by atoms with van der Waals surface area (Å²) in [7, 11) is 0. The van der Waals surface area contributed by atoms with Gasteiger partial charge in [-0.25, -0.2) is 0 Å². The van der Waals surface area contributed by atoms with E-state index in [0.717, 1.165) is 51.4 Å². The second-order valence-electron chi connectivity index (χ2n) is 5.60. The minimum absolute atomic E-state index is 0.00226. The third-order valence-electron chi connectivity index (χ3n) is 4.15. The summed E-state index contributed by atoms with van der Waals surface area (Å²) in [6, 6.07) is 0. The van der Waals surface area contributed by atoms with Crippen molar-refractivity contribution in [3.63, 3.8) is 0 Å². The van der Waals surface area contributed by atoms with Gasteiger partial charge in [-0.15, -0.1) is 0 Å². The van der Waals surface area contributed by atoms with Crippen molar-refractivity contribution in [3.8, 4) is 0 Å². The highest BCUT2D eigenvalue weighted by Crippen LogP contribution is 2.37. The predicted molar refractivity (Wildman–Crippen MR) is 64.3 cm³/mol. The SMILES string of the molecule is CC1CCC(CN)(OCC2CCOCC2)C1. The molecule has 2 fully saturated rings. The number of ether oxygens (including phenoxy) is 2. The molecule has 0 bridgehead atoms. The maximum atomic E-state index is 6.17. The lowest BCUT2D eigenvalue weighted by atomic mass is 9.98. The highest BCUT2D eigenvalue weighted by molar-refractivity contribution is 4.90. The van der Waals surface area contributed by atoms with Gasteiger partial charge in [-0.2, -0.15) is 0 Å². The van der Waals surface area contributed by atoms with Crippen LogP contribution in [0.5, 0.6) is 0 Å². The normalized spacial score (nSPS) is 36.8.